The van der Waals surface area contributed by atoms with E-state index in [2.05, 4.69) is 15.2 Å². The Morgan fingerprint density at radius 2 is 1.92 bits per heavy atom. The molecule has 0 radical (unpaired) electrons. The summed E-state index contributed by atoms with van der Waals surface area (Å²) in [5.74, 6) is 0.195. The number of aryl methyl sites for hydroxylation is 1. The highest BCUT2D eigenvalue weighted by atomic mass is 32.1. The minimum atomic E-state index is -0.891. The first-order valence-electron chi connectivity index (χ1n) is 12.3. The predicted octanol–water partition coefficient (Wildman–Crippen LogP) is 5.10. The van der Waals surface area contributed by atoms with Gasteiger partial charge in [0.2, 0.25) is 11.8 Å². The van der Waals surface area contributed by atoms with Gasteiger partial charge in [0.15, 0.2) is 5.78 Å². The Morgan fingerprint density at radius 3 is 2.62 bits per heavy atom. The van der Waals surface area contributed by atoms with Gasteiger partial charge in [-0.15, -0.1) is 21.5 Å². The molecule has 0 bridgehead atoms. The summed E-state index contributed by atoms with van der Waals surface area (Å²) in [6.45, 7) is 5.90. The number of nitrogens with two attached hydrogens (primary N) is 1. The molecule has 37 heavy (non-hydrogen) atoms. The first-order chi connectivity index (χ1) is 17.7. The van der Waals surface area contributed by atoms with E-state index < -0.39 is 5.54 Å². The maximum Gasteiger partial charge on any atom is 0.254 e. The maximum absolute atomic E-state index is 13.7. The number of amides is 1. The molecule has 1 aliphatic heterocycles. The molecule has 2 aromatic heterocycles. The number of hydrogen-bond acceptors (Lipinski definition) is 8. The van der Waals surface area contributed by atoms with E-state index in [9.17, 15) is 9.59 Å². The van der Waals surface area contributed by atoms with Crippen LogP contribution < -0.4 is 5.73 Å². The van der Waals surface area contributed by atoms with Gasteiger partial charge in [0, 0.05) is 34.3 Å². The third-order valence-electron chi connectivity index (χ3n) is 6.60. The fourth-order valence-electron chi connectivity index (χ4n) is 4.70. The van der Waals surface area contributed by atoms with Gasteiger partial charge in [-0.05, 0) is 63.8 Å². The SMILES string of the molecule is CC(=O)c1cc(C(=O)N2CCC[C@@H]2c2nc(C)cs2)cc(-c2nnc([C@](C)(N)Cc3ccccc3)o2)c1. The standard InChI is InChI=1S/C28H29N5O3S/c1-17-16-37-25(30-17)23-10-7-11-33(23)26(35)22-13-20(18(2)34)12-21(14-22)24-31-32-27(36-24)28(3,29)15-19-8-5-4-6-9-19/h4-6,8-9,12-14,16,23H,7,10-11,15,29H2,1-3H3/t23-,28-/m1/s1. The second kappa shape index (κ2) is 9.99. The van der Waals surface area contributed by atoms with E-state index in [1.54, 1.807) is 29.5 Å². The third-order valence-corrected chi connectivity index (χ3v) is 7.66. The number of likely N-dealkylation sites (tertiary alicyclic amines) is 1. The van der Waals surface area contributed by atoms with Gasteiger partial charge >= 0.3 is 0 Å². The molecule has 2 aromatic carbocycles. The lowest BCUT2D eigenvalue weighted by Gasteiger charge is -2.23. The van der Waals surface area contributed by atoms with Crippen molar-refractivity contribution in [1.29, 1.82) is 0 Å². The lowest BCUT2D eigenvalue weighted by Crippen LogP contribution is -2.35. The Morgan fingerprint density at radius 1 is 1.16 bits per heavy atom. The zero-order valence-corrected chi connectivity index (χ0v) is 21.9. The Bertz CT molecular complexity index is 1440. The zero-order chi connectivity index (χ0) is 26.2. The molecule has 5 rings (SSSR count). The number of Topliss-reactive ketones (excluding diaryl/α,β-unsaturated/α-hetero) is 1. The molecule has 0 aliphatic carbocycles. The van der Waals surface area contributed by atoms with Gasteiger partial charge in [-0.2, -0.15) is 0 Å². The van der Waals surface area contributed by atoms with Gasteiger partial charge in [0.1, 0.15) is 5.01 Å². The van der Waals surface area contributed by atoms with Gasteiger partial charge in [-0.3, -0.25) is 9.59 Å². The van der Waals surface area contributed by atoms with E-state index >= 15 is 0 Å². The van der Waals surface area contributed by atoms with Crippen LogP contribution in [0.15, 0.2) is 58.3 Å². The molecular weight excluding hydrogens is 486 g/mol. The smallest absolute Gasteiger partial charge is 0.254 e. The van der Waals surface area contributed by atoms with Crippen molar-refractivity contribution in [2.45, 2.75) is 51.6 Å². The highest BCUT2D eigenvalue weighted by molar-refractivity contribution is 7.09. The van der Waals surface area contributed by atoms with Crippen molar-refractivity contribution in [2.75, 3.05) is 6.54 Å². The van der Waals surface area contributed by atoms with E-state index in [4.69, 9.17) is 10.2 Å². The third kappa shape index (κ3) is 5.23. The molecule has 1 aliphatic rings. The summed E-state index contributed by atoms with van der Waals surface area (Å²) < 4.78 is 6.00. The Kier molecular flexibility index (Phi) is 6.74. The van der Waals surface area contributed by atoms with Crippen LogP contribution in [0.1, 0.15) is 75.6 Å². The summed E-state index contributed by atoms with van der Waals surface area (Å²) >= 11 is 1.57. The zero-order valence-electron chi connectivity index (χ0n) is 21.1. The van der Waals surface area contributed by atoms with Crippen molar-refractivity contribution >= 4 is 23.0 Å². The number of aromatic nitrogens is 3. The summed E-state index contributed by atoms with van der Waals surface area (Å²) in [6.07, 6.45) is 2.28. The first kappa shape index (κ1) is 25.0. The second-order valence-corrected chi connectivity index (χ2v) is 10.7. The molecule has 1 fully saturated rings. The molecule has 9 heteroatoms. The number of hydrogen-bond donors (Lipinski definition) is 1. The summed E-state index contributed by atoms with van der Waals surface area (Å²) in [5.41, 5.74) is 8.98. The van der Waals surface area contributed by atoms with Crippen molar-refractivity contribution in [1.82, 2.24) is 20.1 Å². The van der Waals surface area contributed by atoms with Gasteiger partial charge in [0.05, 0.1) is 11.6 Å². The molecule has 2 atom stereocenters. The molecule has 0 saturated carbocycles. The van der Waals surface area contributed by atoms with Gasteiger partial charge in [-0.25, -0.2) is 4.98 Å². The van der Waals surface area contributed by atoms with Gasteiger partial charge < -0.3 is 15.1 Å². The number of carbonyl (C=O) groups is 2. The molecule has 2 N–H and O–H groups in total. The van der Waals surface area contributed by atoms with E-state index in [1.165, 1.54) is 6.92 Å². The minimum Gasteiger partial charge on any atom is -0.419 e. The Balaban J connectivity index is 1.46. The number of ketones is 1. The van der Waals surface area contributed by atoms with Gasteiger partial charge in [0.25, 0.3) is 5.91 Å². The number of benzene rings is 2. The predicted molar refractivity (Wildman–Crippen MR) is 141 cm³/mol. The lowest BCUT2D eigenvalue weighted by molar-refractivity contribution is 0.0735. The molecule has 1 saturated heterocycles. The van der Waals surface area contributed by atoms with E-state index in [0.29, 0.717) is 29.7 Å². The van der Waals surface area contributed by atoms with Crippen molar-refractivity contribution in [3.8, 4) is 11.5 Å². The lowest BCUT2D eigenvalue weighted by atomic mass is 9.94. The van der Waals surface area contributed by atoms with Crippen LogP contribution in [0.25, 0.3) is 11.5 Å². The summed E-state index contributed by atoms with van der Waals surface area (Å²) in [6, 6.07) is 14.8. The Labute approximate surface area is 219 Å². The molecule has 190 valence electrons. The summed E-state index contributed by atoms with van der Waals surface area (Å²) in [4.78, 5) is 32.5. The highest BCUT2D eigenvalue weighted by Gasteiger charge is 2.33. The molecule has 8 nitrogen and oxygen atoms in total. The topological polar surface area (TPSA) is 115 Å². The molecule has 0 spiro atoms. The first-order valence-corrected chi connectivity index (χ1v) is 13.2. The van der Waals surface area contributed by atoms with Gasteiger partial charge in [-0.1, -0.05) is 30.3 Å². The van der Waals surface area contributed by atoms with Crippen molar-refractivity contribution in [3.63, 3.8) is 0 Å². The quantitative estimate of drug-likeness (QED) is 0.341. The average molecular weight is 516 g/mol. The molecule has 0 unspecified atom stereocenters. The monoisotopic (exact) mass is 515 g/mol. The average Bonchev–Trinajstić information content (AvgIpc) is 3.64. The number of rotatable bonds is 7. The van der Waals surface area contributed by atoms with E-state index in [0.717, 1.165) is 29.1 Å². The minimum absolute atomic E-state index is 0.0680. The van der Waals surface area contributed by atoms with Crippen LogP contribution in [0.2, 0.25) is 0 Å². The summed E-state index contributed by atoms with van der Waals surface area (Å²) in [5, 5.41) is 11.4. The van der Waals surface area contributed by atoms with Crippen LogP contribution in [-0.4, -0.2) is 38.3 Å². The van der Waals surface area contributed by atoms with Crippen LogP contribution >= 0.6 is 11.3 Å². The summed E-state index contributed by atoms with van der Waals surface area (Å²) in [7, 11) is 0. The Hall–Kier alpha value is -3.69. The normalized spacial score (nSPS) is 17.1. The number of nitrogens with zero attached hydrogens (tertiary/aromatic N) is 4. The van der Waals surface area contributed by atoms with E-state index in [1.807, 2.05) is 54.5 Å². The van der Waals surface area contributed by atoms with Crippen molar-refractivity contribution in [3.05, 3.63) is 87.2 Å². The molecule has 4 aromatic rings. The molecular formula is C28H29N5O3S. The molecule has 3 heterocycles. The second-order valence-electron chi connectivity index (χ2n) is 9.83. The van der Waals surface area contributed by atoms with Crippen molar-refractivity contribution < 1.29 is 14.0 Å². The van der Waals surface area contributed by atoms with Crippen LogP contribution in [0.5, 0.6) is 0 Å². The van der Waals surface area contributed by atoms with Crippen LogP contribution in [0.4, 0.5) is 0 Å². The van der Waals surface area contributed by atoms with Crippen LogP contribution in [-0.2, 0) is 12.0 Å². The highest BCUT2D eigenvalue weighted by Crippen LogP contribution is 2.35. The fourth-order valence-corrected chi connectivity index (χ4v) is 5.64. The fraction of sp³-hybridized carbons (Fsp3) is 0.321. The molecule has 1 amide bonds. The number of carbonyl (C=O) groups excluding carboxylic acids is 2. The van der Waals surface area contributed by atoms with E-state index in [-0.39, 0.29) is 29.5 Å². The van der Waals surface area contributed by atoms with Crippen LogP contribution in [0, 0.1) is 6.92 Å². The maximum atomic E-state index is 13.7. The number of thiazole rings is 1. The van der Waals surface area contributed by atoms with Crippen LogP contribution in [0.3, 0.4) is 0 Å². The largest absolute Gasteiger partial charge is 0.419 e. The van der Waals surface area contributed by atoms with Crippen molar-refractivity contribution in [2.24, 2.45) is 5.73 Å².